The number of rotatable bonds is 1. The van der Waals surface area contributed by atoms with Crippen molar-refractivity contribution in [1.82, 2.24) is 19.9 Å². The highest BCUT2D eigenvalue weighted by molar-refractivity contribution is 5.71. The maximum Gasteiger partial charge on any atom is 0.177 e. The van der Waals surface area contributed by atoms with E-state index in [0.717, 1.165) is 30.0 Å². The van der Waals surface area contributed by atoms with Crippen LogP contribution in [0.4, 0.5) is 0 Å². The van der Waals surface area contributed by atoms with Crippen molar-refractivity contribution in [2.45, 2.75) is 19.0 Å². The SMILES string of the molecule is Cn1c(C2Cc3ccccc3CN2)nc2ncccc21. The molecule has 0 spiro atoms. The van der Waals surface area contributed by atoms with Gasteiger partial charge in [0.15, 0.2) is 5.65 Å². The van der Waals surface area contributed by atoms with E-state index in [2.05, 4.69) is 52.2 Å². The molecule has 0 aliphatic carbocycles. The molecule has 100 valence electrons. The lowest BCUT2D eigenvalue weighted by Gasteiger charge is -2.25. The predicted octanol–water partition coefficient (Wildman–Crippen LogP) is 2.36. The van der Waals surface area contributed by atoms with Gasteiger partial charge in [0.25, 0.3) is 0 Å². The van der Waals surface area contributed by atoms with E-state index in [9.17, 15) is 0 Å². The average Bonchev–Trinajstić information content (AvgIpc) is 2.84. The molecule has 1 unspecified atom stereocenters. The van der Waals surface area contributed by atoms with Gasteiger partial charge in [-0.15, -0.1) is 0 Å². The maximum absolute atomic E-state index is 4.70. The number of pyridine rings is 1. The minimum Gasteiger partial charge on any atom is -0.328 e. The van der Waals surface area contributed by atoms with Crippen molar-refractivity contribution in [3.8, 4) is 0 Å². The van der Waals surface area contributed by atoms with Crippen molar-refractivity contribution in [1.29, 1.82) is 0 Å². The normalized spacial score (nSPS) is 18.1. The van der Waals surface area contributed by atoms with Gasteiger partial charge in [0, 0.05) is 19.8 Å². The fourth-order valence-corrected chi connectivity index (χ4v) is 2.99. The van der Waals surface area contributed by atoms with Crippen LogP contribution in [0.25, 0.3) is 11.2 Å². The minimum atomic E-state index is 0.254. The van der Waals surface area contributed by atoms with Crippen LogP contribution in [0.3, 0.4) is 0 Å². The zero-order valence-corrected chi connectivity index (χ0v) is 11.4. The van der Waals surface area contributed by atoms with E-state index in [1.54, 1.807) is 6.20 Å². The van der Waals surface area contributed by atoms with Gasteiger partial charge < -0.3 is 9.88 Å². The van der Waals surface area contributed by atoms with Crippen molar-refractivity contribution in [3.63, 3.8) is 0 Å². The molecule has 1 aromatic carbocycles. The first-order chi connectivity index (χ1) is 9.83. The summed E-state index contributed by atoms with van der Waals surface area (Å²) in [5.41, 5.74) is 4.71. The van der Waals surface area contributed by atoms with Gasteiger partial charge in [-0.2, -0.15) is 0 Å². The lowest BCUT2D eigenvalue weighted by Crippen LogP contribution is -2.30. The molecule has 0 radical (unpaired) electrons. The first-order valence-corrected chi connectivity index (χ1v) is 6.90. The summed E-state index contributed by atoms with van der Waals surface area (Å²) in [6, 6.07) is 12.9. The number of benzene rings is 1. The molecule has 0 saturated heterocycles. The molecular weight excluding hydrogens is 248 g/mol. The summed E-state index contributed by atoms with van der Waals surface area (Å²) >= 11 is 0. The molecule has 0 saturated carbocycles. The molecule has 4 rings (SSSR count). The van der Waals surface area contributed by atoms with E-state index in [-0.39, 0.29) is 6.04 Å². The van der Waals surface area contributed by atoms with Crippen molar-refractivity contribution < 1.29 is 0 Å². The summed E-state index contributed by atoms with van der Waals surface area (Å²) in [5.74, 6) is 1.06. The average molecular weight is 264 g/mol. The summed E-state index contributed by atoms with van der Waals surface area (Å²) in [5, 5.41) is 3.58. The first kappa shape index (κ1) is 11.6. The summed E-state index contributed by atoms with van der Waals surface area (Å²) in [6.45, 7) is 0.900. The van der Waals surface area contributed by atoms with Crippen LogP contribution in [0.15, 0.2) is 42.6 Å². The molecule has 1 aliphatic heterocycles. The van der Waals surface area contributed by atoms with Crippen LogP contribution < -0.4 is 5.32 Å². The molecule has 0 amide bonds. The number of nitrogens with zero attached hydrogens (tertiary/aromatic N) is 3. The molecule has 0 bridgehead atoms. The maximum atomic E-state index is 4.70. The molecule has 1 aliphatic rings. The fraction of sp³-hybridized carbons (Fsp3) is 0.250. The van der Waals surface area contributed by atoms with Crippen LogP contribution in [0.5, 0.6) is 0 Å². The van der Waals surface area contributed by atoms with Crippen LogP contribution in [-0.2, 0) is 20.0 Å². The van der Waals surface area contributed by atoms with E-state index in [4.69, 9.17) is 4.98 Å². The molecule has 2 aromatic heterocycles. The Labute approximate surface area is 117 Å². The highest BCUT2D eigenvalue weighted by Gasteiger charge is 2.23. The highest BCUT2D eigenvalue weighted by Crippen LogP contribution is 2.26. The molecule has 1 atom stereocenters. The van der Waals surface area contributed by atoms with Gasteiger partial charge in [0.1, 0.15) is 5.82 Å². The second-order valence-electron chi connectivity index (χ2n) is 5.28. The van der Waals surface area contributed by atoms with E-state index in [1.807, 2.05) is 6.07 Å². The number of fused-ring (bicyclic) bond motifs is 2. The number of aryl methyl sites for hydroxylation is 1. The summed E-state index contributed by atoms with van der Waals surface area (Å²) in [7, 11) is 2.06. The number of hydrogen-bond acceptors (Lipinski definition) is 3. The lowest BCUT2D eigenvalue weighted by atomic mass is 9.95. The standard InChI is InChI=1S/C16H16N4/c1-20-14-7-4-8-17-15(14)19-16(20)13-9-11-5-2-3-6-12(11)10-18-13/h2-8,13,18H,9-10H2,1H3. The molecule has 4 nitrogen and oxygen atoms in total. The van der Waals surface area contributed by atoms with Crippen LogP contribution in [-0.4, -0.2) is 14.5 Å². The number of aromatic nitrogens is 3. The van der Waals surface area contributed by atoms with Crippen molar-refractivity contribution in [3.05, 3.63) is 59.5 Å². The van der Waals surface area contributed by atoms with Crippen molar-refractivity contribution >= 4 is 11.2 Å². The molecule has 3 heterocycles. The zero-order chi connectivity index (χ0) is 13.5. The summed E-state index contributed by atoms with van der Waals surface area (Å²) < 4.78 is 2.15. The van der Waals surface area contributed by atoms with E-state index < -0.39 is 0 Å². The number of hydrogen-bond donors (Lipinski definition) is 1. The van der Waals surface area contributed by atoms with Crippen LogP contribution in [0, 0.1) is 0 Å². The predicted molar refractivity (Wildman–Crippen MR) is 78.2 cm³/mol. The largest absolute Gasteiger partial charge is 0.328 e. The van der Waals surface area contributed by atoms with Gasteiger partial charge in [-0.3, -0.25) is 0 Å². The van der Waals surface area contributed by atoms with Gasteiger partial charge in [-0.25, -0.2) is 9.97 Å². The molecule has 3 aromatic rings. The van der Waals surface area contributed by atoms with Crippen LogP contribution in [0.1, 0.15) is 23.0 Å². The Morgan fingerprint density at radius 3 is 2.85 bits per heavy atom. The van der Waals surface area contributed by atoms with E-state index >= 15 is 0 Å². The fourth-order valence-electron chi connectivity index (χ4n) is 2.99. The number of imidazole rings is 1. The lowest BCUT2D eigenvalue weighted by molar-refractivity contribution is 0.467. The monoisotopic (exact) mass is 264 g/mol. The molecule has 4 heteroatoms. The van der Waals surface area contributed by atoms with Gasteiger partial charge in [-0.05, 0) is 29.7 Å². The second-order valence-corrected chi connectivity index (χ2v) is 5.28. The van der Waals surface area contributed by atoms with E-state index in [1.165, 1.54) is 11.1 Å². The van der Waals surface area contributed by atoms with Crippen molar-refractivity contribution in [2.75, 3.05) is 0 Å². The Balaban J connectivity index is 1.76. The van der Waals surface area contributed by atoms with Gasteiger partial charge >= 0.3 is 0 Å². The van der Waals surface area contributed by atoms with Gasteiger partial charge in [0.05, 0.1) is 11.6 Å². The summed E-state index contributed by atoms with van der Waals surface area (Å²) in [4.78, 5) is 9.04. The zero-order valence-electron chi connectivity index (χ0n) is 11.4. The first-order valence-electron chi connectivity index (χ1n) is 6.90. The Kier molecular flexibility index (Phi) is 2.57. The summed E-state index contributed by atoms with van der Waals surface area (Å²) in [6.07, 6.45) is 2.77. The smallest absolute Gasteiger partial charge is 0.177 e. The second kappa shape index (κ2) is 4.42. The Morgan fingerprint density at radius 2 is 2.00 bits per heavy atom. The van der Waals surface area contributed by atoms with Crippen LogP contribution in [0.2, 0.25) is 0 Å². The van der Waals surface area contributed by atoms with Gasteiger partial charge in [-0.1, -0.05) is 24.3 Å². The molecule has 0 fully saturated rings. The Morgan fingerprint density at radius 1 is 1.15 bits per heavy atom. The topological polar surface area (TPSA) is 42.7 Å². The highest BCUT2D eigenvalue weighted by atomic mass is 15.1. The van der Waals surface area contributed by atoms with Gasteiger partial charge in [0.2, 0.25) is 0 Å². The molecule has 20 heavy (non-hydrogen) atoms. The third-order valence-electron chi connectivity index (χ3n) is 4.08. The third kappa shape index (κ3) is 1.72. The minimum absolute atomic E-state index is 0.254. The van der Waals surface area contributed by atoms with E-state index in [0.29, 0.717) is 0 Å². The third-order valence-corrected chi connectivity index (χ3v) is 4.08. The number of nitrogens with one attached hydrogen (secondary N) is 1. The molecular formula is C16H16N4. The Hall–Kier alpha value is -2.20. The van der Waals surface area contributed by atoms with Crippen molar-refractivity contribution in [2.24, 2.45) is 7.05 Å². The quantitative estimate of drug-likeness (QED) is 0.733. The Bertz CT molecular complexity index is 775. The van der Waals surface area contributed by atoms with Crippen LogP contribution >= 0.6 is 0 Å². The molecule has 1 N–H and O–H groups in total.